The standard InChI is InChI=1S/C72H124O6/c1-4-7-10-13-16-19-22-24-26-28-30-31-32-33-34-35-36-37-38-39-40-41-42-44-45-47-50-53-56-59-62-65-71(74)77-68-69(67-76-70(73)64-61-58-55-52-49-21-18-15-12-9-6-3)78-72(75)66-63-60-57-54-51-48-46-43-29-27-25-23-20-17-14-11-8-5-2/h7,10,15-16,18-19,24,26-27,29-31,33-34,36-37,69H,4-6,8-9,11-14,17,20-23,25,28,32,35,38-68H2,1-3H3/b10-7-,18-15-,19-16-,26-24-,29-27-,31-30-,34-33-,37-36-. The second-order valence-corrected chi connectivity index (χ2v) is 22.0. The van der Waals surface area contributed by atoms with Gasteiger partial charge in [-0.3, -0.25) is 14.4 Å². The van der Waals surface area contributed by atoms with E-state index in [4.69, 9.17) is 14.2 Å². The molecule has 0 aromatic heterocycles. The van der Waals surface area contributed by atoms with Crippen LogP contribution in [0.2, 0.25) is 0 Å². The molecule has 0 aliphatic heterocycles. The zero-order chi connectivity index (χ0) is 56.4. The lowest BCUT2D eigenvalue weighted by molar-refractivity contribution is -0.167. The van der Waals surface area contributed by atoms with Crippen LogP contribution in [-0.2, 0) is 28.6 Å². The third kappa shape index (κ3) is 63.2. The van der Waals surface area contributed by atoms with Gasteiger partial charge in [0.2, 0.25) is 0 Å². The summed E-state index contributed by atoms with van der Waals surface area (Å²) < 4.78 is 16.9. The van der Waals surface area contributed by atoms with Crippen LogP contribution in [0.15, 0.2) is 97.2 Å². The molecule has 0 rings (SSSR count). The number of unbranched alkanes of at least 4 members (excludes halogenated alkanes) is 33. The van der Waals surface area contributed by atoms with E-state index in [1.807, 2.05) is 0 Å². The van der Waals surface area contributed by atoms with Crippen molar-refractivity contribution in [2.45, 2.75) is 329 Å². The number of hydrogen-bond donors (Lipinski definition) is 0. The molecule has 6 nitrogen and oxygen atoms in total. The Morgan fingerprint density at radius 2 is 0.513 bits per heavy atom. The topological polar surface area (TPSA) is 78.9 Å². The summed E-state index contributed by atoms with van der Waals surface area (Å²) in [6.45, 7) is 6.50. The highest BCUT2D eigenvalue weighted by Gasteiger charge is 2.19. The van der Waals surface area contributed by atoms with Crippen molar-refractivity contribution in [1.29, 1.82) is 0 Å². The van der Waals surface area contributed by atoms with E-state index >= 15 is 0 Å². The second-order valence-electron chi connectivity index (χ2n) is 22.0. The molecule has 0 saturated heterocycles. The Hall–Kier alpha value is -3.67. The van der Waals surface area contributed by atoms with E-state index in [-0.39, 0.29) is 31.1 Å². The van der Waals surface area contributed by atoms with Gasteiger partial charge in [0.1, 0.15) is 13.2 Å². The fraction of sp³-hybridized carbons (Fsp3) is 0.736. The first kappa shape index (κ1) is 74.3. The first-order chi connectivity index (χ1) is 38.5. The summed E-state index contributed by atoms with van der Waals surface area (Å²) in [5.74, 6) is -0.886. The number of ether oxygens (including phenoxy) is 3. The Balaban J connectivity index is 4.21. The van der Waals surface area contributed by atoms with Crippen molar-refractivity contribution in [2.24, 2.45) is 0 Å². The van der Waals surface area contributed by atoms with E-state index in [0.29, 0.717) is 19.3 Å². The maximum absolute atomic E-state index is 12.9. The number of carbonyl (C=O) groups is 3. The minimum Gasteiger partial charge on any atom is -0.462 e. The summed E-state index contributed by atoms with van der Waals surface area (Å²) in [7, 11) is 0. The third-order valence-corrected chi connectivity index (χ3v) is 14.3. The van der Waals surface area contributed by atoms with E-state index in [2.05, 4.69) is 118 Å². The molecule has 0 aliphatic rings. The molecular formula is C72H124O6. The molecular weight excluding hydrogens is 961 g/mol. The first-order valence-corrected chi connectivity index (χ1v) is 33.2. The van der Waals surface area contributed by atoms with Crippen LogP contribution in [0.3, 0.4) is 0 Å². The summed E-state index contributed by atoms with van der Waals surface area (Å²) in [6.07, 6.45) is 88.5. The van der Waals surface area contributed by atoms with Gasteiger partial charge in [-0.25, -0.2) is 0 Å². The van der Waals surface area contributed by atoms with Gasteiger partial charge < -0.3 is 14.2 Å². The Kier molecular flexibility index (Phi) is 62.7. The van der Waals surface area contributed by atoms with E-state index in [9.17, 15) is 14.4 Å². The van der Waals surface area contributed by atoms with E-state index in [0.717, 1.165) is 103 Å². The Morgan fingerprint density at radius 1 is 0.269 bits per heavy atom. The summed E-state index contributed by atoms with van der Waals surface area (Å²) in [6, 6.07) is 0. The summed E-state index contributed by atoms with van der Waals surface area (Å²) >= 11 is 0. The monoisotopic (exact) mass is 1080 g/mol. The average Bonchev–Trinajstić information content (AvgIpc) is 3.44. The van der Waals surface area contributed by atoms with Crippen molar-refractivity contribution in [3.05, 3.63) is 97.2 Å². The van der Waals surface area contributed by atoms with Crippen molar-refractivity contribution in [2.75, 3.05) is 13.2 Å². The number of rotatable bonds is 60. The molecule has 1 atom stereocenters. The summed E-state index contributed by atoms with van der Waals surface area (Å²) in [5, 5.41) is 0. The molecule has 0 aromatic carbocycles. The quantitative estimate of drug-likeness (QED) is 0.0261. The smallest absolute Gasteiger partial charge is 0.306 e. The molecule has 0 saturated carbocycles. The van der Waals surface area contributed by atoms with Crippen LogP contribution < -0.4 is 0 Å². The Morgan fingerprint density at radius 3 is 0.833 bits per heavy atom. The van der Waals surface area contributed by atoms with Crippen LogP contribution >= 0.6 is 0 Å². The zero-order valence-electron chi connectivity index (χ0n) is 51.4. The minimum atomic E-state index is -0.784. The fourth-order valence-electron chi connectivity index (χ4n) is 9.31. The predicted octanol–water partition coefficient (Wildman–Crippen LogP) is 22.8. The molecule has 0 amide bonds. The zero-order valence-corrected chi connectivity index (χ0v) is 51.4. The van der Waals surface area contributed by atoms with E-state index in [1.54, 1.807) is 0 Å². The number of hydrogen-bond acceptors (Lipinski definition) is 6. The van der Waals surface area contributed by atoms with Gasteiger partial charge in [-0.15, -0.1) is 0 Å². The largest absolute Gasteiger partial charge is 0.462 e. The van der Waals surface area contributed by atoms with Gasteiger partial charge in [0.25, 0.3) is 0 Å². The summed E-state index contributed by atoms with van der Waals surface area (Å²) in [4.78, 5) is 38.3. The van der Waals surface area contributed by atoms with Crippen LogP contribution in [0.4, 0.5) is 0 Å². The Labute approximate surface area is 483 Å². The molecule has 448 valence electrons. The first-order valence-electron chi connectivity index (χ1n) is 33.2. The highest BCUT2D eigenvalue weighted by molar-refractivity contribution is 5.71. The molecule has 78 heavy (non-hydrogen) atoms. The third-order valence-electron chi connectivity index (χ3n) is 14.3. The maximum Gasteiger partial charge on any atom is 0.306 e. The van der Waals surface area contributed by atoms with E-state index in [1.165, 1.54) is 180 Å². The van der Waals surface area contributed by atoms with Gasteiger partial charge in [-0.1, -0.05) is 285 Å². The van der Waals surface area contributed by atoms with Gasteiger partial charge in [0.05, 0.1) is 0 Å². The number of esters is 3. The van der Waals surface area contributed by atoms with Crippen LogP contribution in [0, 0.1) is 0 Å². The average molecular weight is 1090 g/mol. The normalized spacial score (nSPS) is 12.7. The summed E-state index contributed by atoms with van der Waals surface area (Å²) in [5.41, 5.74) is 0. The van der Waals surface area contributed by atoms with Crippen LogP contribution in [0.1, 0.15) is 323 Å². The molecule has 0 spiro atoms. The van der Waals surface area contributed by atoms with Gasteiger partial charge in [-0.05, 0) is 116 Å². The van der Waals surface area contributed by atoms with Gasteiger partial charge in [-0.2, -0.15) is 0 Å². The molecule has 0 N–H and O–H groups in total. The van der Waals surface area contributed by atoms with Crippen molar-refractivity contribution in [3.8, 4) is 0 Å². The maximum atomic E-state index is 12.9. The molecule has 0 fully saturated rings. The molecule has 0 bridgehead atoms. The SMILES string of the molecule is CC/C=C\C/C=C\C/C=C\C/C=C\C/C=C\C/C=C\CCCCCCCCCCCCCCC(=O)OCC(COC(=O)CCCCCCC/C=C\CCCC)OC(=O)CCCCCCCCC/C=C\CCCCCCCCC. The van der Waals surface area contributed by atoms with Crippen LogP contribution in [-0.4, -0.2) is 37.2 Å². The van der Waals surface area contributed by atoms with Crippen molar-refractivity contribution >= 4 is 17.9 Å². The lowest BCUT2D eigenvalue weighted by Gasteiger charge is -2.18. The molecule has 1 unspecified atom stereocenters. The van der Waals surface area contributed by atoms with Crippen molar-refractivity contribution in [1.82, 2.24) is 0 Å². The highest BCUT2D eigenvalue weighted by atomic mass is 16.6. The number of carbonyl (C=O) groups excluding carboxylic acids is 3. The fourth-order valence-corrected chi connectivity index (χ4v) is 9.31. The van der Waals surface area contributed by atoms with Crippen molar-refractivity contribution in [3.63, 3.8) is 0 Å². The van der Waals surface area contributed by atoms with Gasteiger partial charge in [0, 0.05) is 19.3 Å². The van der Waals surface area contributed by atoms with Crippen molar-refractivity contribution < 1.29 is 28.6 Å². The Bertz CT molecular complexity index is 1530. The van der Waals surface area contributed by atoms with Crippen LogP contribution in [0.25, 0.3) is 0 Å². The second kappa shape index (κ2) is 65.8. The molecule has 0 aromatic rings. The lowest BCUT2D eigenvalue weighted by Crippen LogP contribution is -2.30. The molecule has 0 radical (unpaired) electrons. The van der Waals surface area contributed by atoms with E-state index < -0.39 is 6.10 Å². The van der Waals surface area contributed by atoms with Gasteiger partial charge >= 0.3 is 17.9 Å². The minimum absolute atomic E-state index is 0.0808. The molecule has 6 heteroatoms. The van der Waals surface area contributed by atoms with Crippen LogP contribution in [0.5, 0.6) is 0 Å². The van der Waals surface area contributed by atoms with Gasteiger partial charge in [0.15, 0.2) is 6.10 Å². The number of allylic oxidation sites excluding steroid dienone is 16. The predicted molar refractivity (Wildman–Crippen MR) is 339 cm³/mol. The molecule has 0 heterocycles. The lowest BCUT2D eigenvalue weighted by atomic mass is 10.0. The highest BCUT2D eigenvalue weighted by Crippen LogP contribution is 2.16. The molecule has 0 aliphatic carbocycles.